The van der Waals surface area contributed by atoms with E-state index in [0.29, 0.717) is 12.5 Å². The first-order chi connectivity index (χ1) is 8.20. The van der Waals surface area contributed by atoms with Crippen molar-refractivity contribution in [2.45, 2.75) is 20.0 Å². The number of nitrogens with zero attached hydrogens (tertiary/aromatic N) is 2. The molecule has 1 aromatic carbocycles. The largest absolute Gasteiger partial charge is 0.494 e. The molecule has 1 heterocycles. The third-order valence-electron chi connectivity index (χ3n) is 2.23. The second-order valence-corrected chi connectivity index (χ2v) is 3.59. The zero-order valence-electron chi connectivity index (χ0n) is 9.75. The Bertz CT molecular complexity index is 477. The number of hydrogen-bond donors (Lipinski definition) is 1. The summed E-state index contributed by atoms with van der Waals surface area (Å²) in [7, 11) is 0. The maximum atomic E-state index is 9.29. The minimum Gasteiger partial charge on any atom is -0.494 e. The molecule has 1 atom stereocenters. The first-order valence-electron chi connectivity index (χ1n) is 5.45. The van der Waals surface area contributed by atoms with Gasteiger partial charge >= 0.3 is 0 Å². The van der Waals surface area contributed by atoms with Crippen molar-refractivity contribution in [1.29, 1.82) is 0 Å². The highest BCUT2D eigenvalue weighted by Crippen LogP contribution is 2.22. The number of benzene rings is 1. The molecule has 17 heavy (non-hydrogen) atoms. The molecule has 0 radical (unpaired) electrons. The molecular formula is C12H14N2O3. The maximum Gasteiger partial charge on any atom is 0.258 e. The maximum absolute atomic E-state index is 9.29. The lowest BCUT2D eigenvalue weighted by Gasteiger charge is -2.02. The predicted molar refractivity (Wildman–Crippen MR) is 61.5 cm³/mol. The number of aliphatic hydroxyl groups is 1. The van der Waals surface area contributed by atoms with Gasteiger partial charge in [0.05, 0.1) is 6.61 Å². The minimum absolute atomic E-state index is 0.286. The Morgan fingerprint density at radius 3 is 2.59 bits per heavy atom. The molecule has 0 bridgehead atoms. The monoisotopic (exact) mass is 234 g/mol. The molecule has 1 aromatic heterocycles. The smallest absolute Gasteiger partial charge is 0.258 e. The van der Waals surface area contributed by atoms with Crippen molar-refractivity contribution < 1.29 is 14.4 Å². The summed E-state index contributed by atoms with van der Waals surface area (Å²) in [5.41, 5.74) is 0.799. The third kappa shape index (κ3) is 2.62. The van der Waals surface area contributed by atoms with E-state index in [1.165, 1.54) is 0 Å². The second kappa shape index (κ2) is 4.97. The fraction of sp³-hybridized carbons (Fsp3) is 0.333. The first kappa shape index (κ1) is 11.6. The van der Waals surface area contributed by atoms with Crippen molar-refractivity contribution in [1.82, 2.24) is 10.1 Å². The Labute approximate surface area is 99.0 Å². The van der Waals surface area contributed by atoms with E-state index in [9.17, 15) is 5.11 Å². The van der Waals surface area contributed by atoms with Crippen molar-refractivity contribution in [2.75, 3.05) is 6.61 Å². The van der Waals surface area contributed by atoms with Gasteiger partial charge in [-0.25, -0.2) is 0 Å². The molecule has 0 spiro atoms. The number of rotatable bonds is 4. The molecular weight excluding hydrogens is 220 g/mol. The van der Waals surface area contributed by atoms with Crippen LogP contribution in [-0.4, -0.2) is 21.9 Å². The van der Waals surface area contributed by atoms with Gasteiger partial charge in [-0.1, -0.05) is 5.16 Å². The topological polar surface area (TPSA) is 68.4 Å². The average Bonchev–Trinajstić information content (AvgIpc) is 2.80. The molecule has 0 aliphatic carbocycles. The lowest BCUT2D eigenvalue weighted by atomic mass is 10.2. The summed E-state index contributed by atoms with van der Waals surface area (Å²) in [6.45, 7) is 4.15. The van der Waals surface area contributed by atoms with Crippen LogP contribution in [0.2, 0.25) is 0 Å². The van der Waals surface area contributed by atoms with E-state index in [1.807, 2.05) is 31.2 Å². The van der Waals surface area contributed by atoms with Crippen molar-refractivity contribution >= 4 is 0 Å². The Balaban J connectivity index is 2.21. The van der Waals surface area contributed by atoms with Crippen LogP contribution in [0, 0.1) is 0 Å². The zero-order chi connectivity index (χ0) is 12.3. The van der Waals surface area contributed by atoms with Crippen LogP contribution in [0.1, 0.15) is 25.8 Å². The number of ether oxygens (including phenoxy) is 1. The normalized spacial score (nSPS) is 12.4. The van der Waals surface area contributed by atoms with Crippen LogP contribution in [0.5, 0.6) is 5.75 Å². The molecule has 0 amide bonds. The average molecular weight is 234 g/mol. The van der Waals surface area contributed by atoms with Crippen LogP contribution >= 0.6 is 0 Å². The van der Waals surface area contributed by atoms with E-state index in [0.717, 1.165) is 11.3 Å². The van der Waals surface area contributed by atoms with Crippen molar-refractivity contribution in [2.24, 2.45) is 0 Å². The zero-order valence-corrected chi connectivity index (χ0v) is 9.75. The van der Waals surface area contributed by atoms with E-state index in [1.54, 1.807) is 6.92 Å². The van der Waals surface area contributed by atoms with Gasteiger partial charge in [-0.15, -0.1) is 0 Å². The van der Waals surface area contributed by atoms with E-state index >= 15 is 0 Å². The Kier molecular flexibility index (Phi) is 3.39. The SMILES string of the molecule is CCOc1ccc(-c2nc(C(C)O)no2)cc1. The van der Waals surface area contributed by atoms with Gasteiger partial charge in [-0.05, 0) is 38.1 Å². The highest BCUT2D eigenvalue weighted by molar-refractivity contribution is 5.54. The van der Waals surface area contributed by atoms with Gasteiger partial charge in [0, 0.05) is 5.56 Å². The fourth-order valence-electron chi connectivity index (χ4n) is 1.38. The van der Waals surface area contributed by atoms with Gasteiger partial charge in [0.15, 0.2) is 5.82 Å². The summed E-state index contributed by atoms with van der Waals surface area (Å²) in [5, 5.41) is 13.0. The quantitative estimate of drug-likeness (QED) is 0.878. The molecule has 0 saturated heterocycles. The van der Waals surface area contributed by atoms with Gasteiger partial charge in [0.1, 0.15) is 11.9 Å². The summed E-state index contributed by atoms with van der Waals surface area (Å²) < 4.78 is 10.4. The van der Waals surface area contributed by atoms with Crippen LogP contribution in [0.25, 0.3) is 11.5 Å². The van der Waals surface area contributed by atoms with E-state index in [-0.39, 0.29) is 5.82 Å². The number of hydrogen-bond acceptors (Lipinski definition) is 5. The minimum atomic E-state index is -0.727. The summed E-state index contributed by atoms with van der Waals surface area (Å²) in [6.07, 6.45) is -0.727. The van der Waals surface area contributed by atoms with Gasteiger partial charge < -0.3 is 14.4 Å². The molecule has 0 aliphatic heterocycles. The molecule has 0 fully saturated rings. The van der Waals surface area contributed by atoms with E-state index in [2.05, 4.69) is 10.1 Å². The van der Waals surface area contributed by atoms with Gasteiger partial charge in [0.2, 0.25) is 0 Å². The molecule has 0 saturated carbocycles. The summed E-state index contributed by atoms with van der Waals surface area (Å²) in [5.74, 6) is 1.48. The molecule has 0 aliphatic rings. The molecule has 2 rings (SSSR count). The van der Waals surface area contributed by atoms with Crippen LogP contribution in [-0.2, 0) is 0 Å². The van der Waals surface area contributed by atoms with Crippen LogP contribution in [0.3, 0.4) is 0 Å². The van der Waals surface area contributed by atoms with Gasteiger partial charge in [-0.3, -0.25) is 0 Å². The van der Waals surface area contributed by atoms with Crippen molar-refractivity contribution in [3.63, 3.8) is 0 Å². The fourth-order valence-corrected chi connectivity index (χ4v) is 1.38. The molecule has 90 valence electrons. The van der Waals surface area contributed by atoms with E-state index in [4.69, 9.17) is 9.26 Å². The highest BCUT2D eigenvalue weighted by Gasteiger charge is 2.12. The molecule has 1 N–H and O–H groups in total. The van der Waals surface area contributed by atoms with Crippen molar-refractivity contribution in [3.05, 3.63) is 30.1 Å². The van der Waals surface area contributed by atoms with Crippen LogP contribution in [0.15, 0.2) is 28.8 Å². The molecule has 1 unspecified atom stereocenters. The molecule has 5 nitrogen and oxygen atoms in total. The Hall–Kier alpha value is -1.88. The summed E-state index contributed by atoms with van der Waals surface area (Å²) >= 11 is 0. The number of aromatic nitrogens is 2. The Morgan fingerprint density at radius 2 is 2.06 bits per heavy atom. The summed E-state index contributed by atoms with van der Waals surface area (Å²) in [6, 6.07) is 7.35. The second-order valence-electron chi connectivity index (χ2n) is 3.59. The third-order valence-corrected chi connectivity index (χ3v) is 2.23. The van der Waals surface area contributed by atoms with Crippen LogP contribution < -0.4 is 4.74 Å². The number of aliphatic hydroxyl groups excluding tert-OH is 1. The standard InChI is InChI=1S/C12H14N2O3/c1-3-16-10-6-4-9(5-7-10)12-13-11(8(2)15)14-17-12/h4-8,15H,3H2,1-2H3. The van der Waals surface area contributed by atoms with Crippen LogP contribution in [0.4, 0.5) is 0 Å². The Morgan fingerprint density at radius 1 is 1.35 bits per heavy atom. The van der Waals surface area contributed by atoms with Gasteiger partial charge in [0.25, 0.3) is 5.89 Å². The van der Waals surface area contributed by atoms with Gasteiger partial charge in [-0.2, -0.15) is 4.98 Å². The van der Waals surface area contributed by atoms with Crippen molar-refractivity contribution in [3.8, 4) is 17.2 Å². The molecule has 5 heteroatoms. The van der Waals surface area contributed by atoms with E-state index < -0.39 is 6.10 Å². The lowest BCUT2D eigenvalue weighted by molar-refractivity contribution is 0.184. The first-order valence-corrected chi connectivity index (χ1v) is 5.45. The highest BCUT2D eigenvalue weighted by atomic mass is 16.5. The molecule has 2 aromatic rings. The summed E-state index contributed by atoms with van der Waals surface area (Å²) in [4.78, 5) is 4.09. The predicted octanol–water partition coefficient (Wildman–Crippen LogP) is 2.19. The lowest BCUT2D eigenvalue weighted by Crippen LogP contribution is -1.93.